The monoisotopic (exact) mass is 271 g/mol. The van der Waals surface area contributed by atoms with Crippen LogP contribution in [0.3, 0.4) is 0 Å². The number of aryl methyl sites for hydroxylation is 2. The number of nitrogen functional groups attached to an aromatic ring is 1. The Bertz CT molecular complexity index is 652. The fourth-order valence-electron chi connectivity index (χ4n) is 2.11. The summed E-state index contributed by atoms with van der Waals surface area (Å²) < 4.78 is 17.0. The molecule has 0 spiro atoms. The minimum Gasteiger partial charge on any atom is -0.486 e. The number of rotatable bonds is 2. The van der Waals surface area contributed by atoms with Crippen molar-refractivity contribution in [2.24, 2.45) is 0 Å². The minimum atomic E-state index is 0.537. The Kier molecular flexibility index (Phi) is 3.14. The first kappa shape index (κ1) is 12.7. The standard InChI is InChI=1S/C16H17NO3/c1-10-3-4-11(2)13(7-10)20-14-9-16-15(8-12(14)17)18-5-6-19-16/h3-4,7-9H,5-6,17H2,1-2H3. The van der Waals surface area contributed by atoms with E-state index in [9.17, 15) is 0 Å². The van der Waals surface area contributed by atoms with Crippen LogP contribution in [0.4, 0.5) is 5.69 Å². The molecule has 0 unspecified atom stereocenters. The molecular weight excluding hydrogens is 254 g/mol. The van der Waals surface area contributed by atoms with Crippen molar-refractivity contribution in [1.29, 1.82) is 0 Å². The van der Waals surface area contributed by atoms with Crippen molar-refractivity contribution >= 4 is 5.69 Å². The number of hydrogen-bond acceptors (Lipinski definition) is 4. The maximum Gasteiger partial charge on any atom is 0.165 e. The number of ether oxygens (including phenoxy) is 3. The van der Waals surface area contributed by atoms with E-state index in [-0.39, 0.29) is 0 Å². The minimum absolute atomic E-state index is 0.537. The van der Waals surface area contributed by atoms with Crippen molar-refractivity contribution in [1.82, 2.24) is 0 Å². The van der Waals surface area contributed by atoms with Crippen LogP contribution in [0.25, 0.3) is 0 Å². The lowest BCUT2D eigenvalue weighted by atomic mass is 10.1. The fraction of sp³-hybridized carbons (Fsp3) is 0.250. The van der Waals surface area contributed by atoms with Gasteiger partial charge in [-0.1, -0.05) is 12.1 Å². The second-order valence-electron chi connectivity index (χ2n) is 4.90. The number of fused-ring (bicyclic) bond motifs is 1. The Labute approximate surface area is 118 Å². The van der Waals surface area contributed by atoms with E-state index in [1.165, 1.54) is 0 Å². The third-order valence-corrected chi connectivity index (χ3v) is 3.24. The predicted molar refractivity (Wildman–Crippen MR) is 77.8 cm³/mol. The van der Waals surface area contributed by atoms with Gasteiger partial charge in [-0.3, -0.25) is 0 Å². The van der Waals surface area contributed by atoms with E-state index in [2.05, 4.69) is 6.07 Å². The summed E-state index contributed by atoms with van der Waals surface area (Å²) in [4.78, 5) is 0. The summed E-state index contributed by atoms with van der Waals surface area (Å²) in [5.74, 6) is 2.73. The van der Waals surface area contributed by atoms with Crippen molar-refractivity contribution < 1.29 is 14.2 Å². The van der Waals surface area contributed by atoms with Gasteiger partial charge in [-0.05, 0) is 31.0 Å². The quantitative estimate of drug-likeness (QED) is 0.850. The molecule has 0 atom stereocenters. The van der Waals surface area contributed by atoms with Crippen molar-refractivity contribution in [3.63, 3.8) is 0 Å². The third-order valence-electron chi connectivity index (χ3n) is 3.24. The maximum absolute atomic E-state index is 6.02. The first-order valence-electron chi connectivity index (χ1n) is 6.58. The van der Waals surface area contributed by atoms with E-state index in [0.29, 0.717) is 36.1 Å². The zero-order valence-corrected chi connectivity index (χ0v) is 11.6. The molecule has 4 nitrogen and oxygen atoms in total. The zero-order valence-electron chi connectivity index (χ0n) is 11.6. The van der Waals surface area contributed by atoms with Gasteiger partial charge >= 0.3 is 0 Å². The van der Waals surface area contributed by atoms with Crippen molar-refractivity contribution in [2.45, 2.75) is 13.8 Å². The summed E-state index contributed by atoms with van der Waals surface area (Å²) in [7, 11) is 0. The molecule has 1 aliphatic rings. The molecular formula is C16H17NO3. The van der Waals surface area contributed by atoms with Crippen LogP contribution in [0.15, 0.2) is 30.3 Å². The normalized spacial score (nSPS) is 13.1. The maximum atomic E-state index is 6.02. The average molecular weight is 271 g/mol. The summed E-state index contributed by atoms with van der Waals surface area (Å²) in [6.45, 7) is 5.12. The van der Waals surface area contributed by atoms with Gasteiger partial charge in [-0.15, -0.1) is 0 Å². The molecule has 104 valence electrons. The highest BCUT2D eigenvalue weighted by molar-refractivity contribution is 5.63. The molecule has 0 saturated heterocycles. The molecule has 20 heavy (non-hydrogen) atoms. The van der Waals surface area contributed by atoms with Crippen LogP contribution in [0.5, 0.6) is 23.0 Å². The average Bonchev–Trinajstić information content (AvgIpc) is 2.43. The van der Waals surface area contributed by atoms with Crippen LogP contribution in [-0.2, 0) is 0 Å². The summed E-state index contributed by atoms with van der Waals surface area (Å²) in [5.41, 5.74) is 8.76. The molecule has 1 aliphatic heterocycles. The van der Waals surface area contributed by atoms with Gasteiger partial charge in [-0.2, -0.15) is 0 Å². The fourth-order valence-corrected chi connectivity index (χ4v) is 2.11. The van der Waals surface area contributed by atoms with Gasteiger partial charge in [-0.25, -0.2) is 0 Å². The van der Waals surface area contributed by atoms with Gasteiger partial charge in [0.25, 0.3) is 0 Å². The molecule has 1 heterocycles. The smallest absolute Gasteiger partial charge is 0.165 e. The van der Waals surface area contributed by atoms with E-state index in [1.54, 1.807) is 12.1 Å². The van der Waals surface area contributed by atoms with Gasteiger partial charge in [0.15, 0.2) is 17.2 Å². The van der Waals surface area contributed by atoms with Gasteiger partial charge in [0, 0.05) is 12.1 Å². The molecule has 2 aromatic carbocycles. The van der Waals surface area contributed by atoms with Crippen molar-refractivity contribution in [2.75, 3.05) is 18.9 Å². The molecule has 4 heteroatoms. The van der Waals surface area contributed by atoms with Gasteiger partial charge < -0.3 is 19.9 Å². The molecule has 2 N–H and O–H groups in total. The molecule has 2 aromatic rings. The molecule has 0 radical (unpaired) electrons. The number of benzene rings is 2. The second kappa shape index (κ2) is 4.96. The Balaban J connectivity index is 1.96. The van der Waals surface area contributed by atoms with Crippen molar-refractivity contribution in [3.05, 3.63) is 41.5 Å². The highest BCUT2D eigenvalue weighted by Crippen LogP contribution is 2.40. The predicted octanol–water partition coefficient (Wildman–Crippen LogP) is 3.45. The molecule has 0 fully saturated rings. The van der Waals surface area contributed by atoms with E-state index < -0.39 is 0 Å². The van der Waals surface area contributed by atoms with Crippen LogP contribution in [-0.4, -0.2) is 13.2 Å². The van der Waals surface area contributed by atoms with Gasteiger partial charge in [0.05, 0.1) is 5.69 Å². The van der Waals surface area contributed by atoms with E-state index in [0.717, 1.165) is 16.9 Å². The zero-order chi connectivity index (χ0) is 14.1. The van der Waals surface area contributed by atoms with Crippen LogP contribution in [0, 0.1) is 13.8 Å². The number of hydrogen-bond donors (Lipinski definition) is 1. The van der Waals surface area contributed by atoms with Gasteiger partial charge in [0.2, 0.25) is 0 Å². The summed E-state index contributed by atoms with van der Waals surface area (Å²) in [5, 5.41) is 0. The summed E-state index contributed by atoms with van der Waals surface area (Å²) in [6, 6.07) is 9.60. The van der Waals surface area contributed by atoms with Crippen LogP contribution >= 0.6 is 0 Å². The molecule has 0 bridgehead atoms. The Hall–Kier alpha value is -2.36. The molecule has 0 aliphatic carbocycles. The molecule has 0 aromatic heterocycles. The summed E-state index contributed by atoms with van der Waals surface area (Å²) >= 11 is 0. The SMILES string of the molecule is Cc1ccc(C)c(Oc2cc3c(cc2N)OCCO3)c1. The largest absolute Gasteiger partial charge is 0.486 e. The highest BCUT2D eigenvalue weighted by atomic mass is 16.6. The van der Waals surface area contributed by atoms with Crippen LogP contribution in [0.2, 0.25) is 0 Å². The Morgan fingerprint density at radius 2 is 1.65 bits per heavy atom. The first-order chi connectivity index (χ1) is 9.63. The summed E-state index contributed by atoms with van der Waals surface area (Å²) in [6.07, 6.45) is 0. The molecule has 3 rings (SSSR count). The second-order valence-corrected chi connectivity index (χ2v) is 4.90. The molecule has 0 amide bonds. The topological polar surface area (TPSA) is 53.7 Å². The van der Waals surface area contributed by atoms with Crippen molar-refractivity contribution in [3.8, 4) is 23.0 Å². The van der Waals surface area contributed by atoms with E-state index in [1.807, 2.05) is 26.0 Å². The highest BCUT2D eigenvalue weighted by Gasteiger charge is 2.16. The molecule has 0 saturated carbocycles. The van der Waals surface area contributed by atoms with E-state index in [4.69, 9.17) is 19.9 Å². The lowest BCUT2D eigenvalue weighted by Crippen LogP contribution is -2.15. The van der Waals surface area contributed by atoms with E-state index >= 15 is 0 Å². The lowest BCUT2D eigenvalue weighted by Gasteiger charge is -2.20. The lowest BCUT2D eigenvalue weighted by molar-refractivity contribution is 0.171. The van der Waals surface area contributed by atoms with Crippen LogP contribution < -0.4 is 19.9 Å². The Morgan fingerprint density at radius 1 is 0.950 bits per heavy atom. The third kappa shape index (κ3) is 2.37. The van der Waals surface area contributed by atoms with Crippen LogP contribution in [0.1, 0.15) is 11.1 Å². The first-order valence-corrected chi connectivity index (χ1v) is 6.58. The van der Waals surface area contributed by atoms with Gasteiger partial charge in [0.1, 0.15) is 19.0 Å². The Morgan fingerprint density at radius 3 is 2.40 bits per heavy atom. The number of anilines is 1. The number of nitrogens with two attached hydrogens (primary N) is 1.